The van der Waals surface area contributed by atoms with Crippen LogP contribution in [0.15, 0.2) is 55.2 Å². The molecule has 2 fully saturated rings. The SMILES string of the molecule is O=C(c1cccnc1)N1[C@@H]2CC[C@@H]1CC(O)(Cn1ccc3ccncc31)C2. The molecule has 138 valence electrons. The number of fused-ring (bicyclic) bond motifs is 3. The van der Waals surface area contributed by atoms with Crippen molar-refractivity contribution in [2.45, 2.75) is 49.9 Å². The van der Waals surface area contributed by atoms with Gasteiger partial charge in [-0.15, -0.1) is 0 Å². The Bertz CT molecular complexity index is 970. The van der Waals surface area contributed by atoms with Crippen LogP contribution in [0.2, 0.25) is 0 Å². The predicted octanol–water partition coefficient (Wildman–Crippen LogP) is 2.63. The van der Waals surface area contributed by atoms with Crippen LogP contribution in [-0.4, -0.2) is 48.1 Å². The van der Waals surface area contributed by atoms with Gasteiger partial charge in [-0.2, -0.15) is 0 Å². The maximum absolute atomic E-state index is 13.0. The molecular weight excluding hydrogens is 340 g/mol. The van der Waals surface area contributed by atoms with Gasteiger partial charge in [0.05, 0.1) is 29.4 Å². The summed E-state index contributed by atoms with van der Waals surface area (Å²) >= 11 is 0. The zero-order valence-corrected chi connectivity index (χ0v) is 15.0. The van der Waals surface area contributed by atoms with Gasteiger partial charge in [0.1, 0.15) is 0 Å². The summed E-state index contributed by atoms with van der Waals surface area (Å²) in [5, 5.41) is 12.5. The van der Waals surface area contributed by atoms with Crippen molar-refractivity contribution in [3.8, 4) is 0 Å². The van der Waals surface area contributed by atoms with E-state index in [-0.39, 0.29) is 18.0 Å². The van der Waals surface area contributed by atoms with E-state index in [1.165, 1.54) is 0 Å². The number of aliphatic hydroxyl groups is 1. The summed E-state index contributed by atoms with van der Waals surface area (Å²) in [5.74, 6) is 0.0354. The summed E-state index contributed by atoms with van der Waals surface area (Å²) in [5.41, 5.74) is 0.855. The number of nitrogens with zero attached hydrogens (tertiary/aromatic N) is 4. The van der Waals surface area contributed by atoms with Crippen molar-refractivity contribution in [2.75, 3.05) is 0 Å². The summed E-state index contributed by atoms with van der Waals surface area (Å²) in [4.78, 5) is 23.2. The molecular formula is C21H22N4O2. The first-order valence-electron chi connectivity index (χ1n) is 9.47. The van der Waals surface area contributed by atoms with Crippen LogP contribution >= 0.6 is 0 Å². The maximum atomic E-state index is 13.0. The van der Waals surface area contributed by atoms with E-state index in [2.05, 4.69) is 20.6 Å². The van der Waals surface area contributed by atoms with Gasteiger partial charge in [0.2, 0.25) is 0 Å². The van der Waals surface area contributed by atoms with Crippen molar-refractivity contribution >= 4 is 16.8 Å². The van der Waals surface area contributed by atoms with Crippen LogP contribution in [0.5, 0.6) is 0 Å². The average molecular weight is 362 g/mol. The number of carbonyl (C=O) groups is 1. The Morgan fingerprint density at radius 3 is 2.63 bits per heavy atom. The van der Waals surface area contributed by atoms with E-state index in [1.54, 1.807) is 24.7 Å². The fourth-order valence-electron chi connectivity index (χ4n) is 4.90. The van der Waals surface area contributed by atoms with E-state index in [9.17, 15) is 9.90 Å². The van der Waals surface area contributed by atoms with Crippen LogP contribution in [0, 0.1) is 0 Å². The highest BCUT2D eigenvalue weighted by molar-refractivity contribution is 5.94. The monoisotopic (exact) mass is 362 g/mol. The van der Waals surface area contributed by atoms with Crippen LogP contribution in [0.1, 0.15) is 36.0 Å². The second-order valence-electron chi connectivity index (χ2n) is 7.85. The number of pyridine rings is 2. The highest BCUT2D eigenvalue weighted by Crippen LogP contribution is 2.42. The van der Waals surface area contributed by atoms with Crippen LogP contribution in [0.25, 0.3) is 10.9 Å². The van der Waals surface area contributed by atoms with Crippen molar-refractivity contribution in [3.63, 3.8) is 0 Å². The Labute approximate surface area is 157 Å². The Balaban J connectivity index is 1.38. The summed E-state index contributed by atoms with van der Waals surface area (Å²) in [6.45, 7) is 0.532. The Morgan fingerprint density at radius 1 is 1.11 bits per heavy atom. The fraction of sp³-hybridized carbons (Fsp3) is 0.381. The van der Waals surface area contributed by atoms with E-state index in [0.29, 0.717) is 24.9 Å². The number of hydrogen-bond acceptors (Lipinski definition) is 4. The van der Waals surface area contributed by atoms with Crippen LogP contribution < -0.4 is 0 Å². The number of amides is 1. The Kier molecular flexibility index (Phi) is 3.75. The largest absolute Gasteiger partial charge is 0.388 e. The molecule has 2 aliphatic rings. The van der Waals surface area contributed by atoms with Gasteiger partial charge < -0.3 is 14.6 Å². The lowest BCUT2D eigenvalue weighted by molar-refractivity contribution is -0.0533. The number of hydrogen-bond donors (Lipinski definition) is 1. The zero-order chi connectivity index (χ0) is 18.4. The first-order chi connectivity index (χ1) is 13.1. The molecule has 0 saturated carbocycles. The van der Waals surface area contributed by atoms with Gasteiger partial charge in [-0.25, -0.2) is 0 Å². The van der Waals surface area contributed by atoms with Gasteiger partial charge in [-0.05, 0) is 49.9 Å². The molecule has 1 amide bonds. The number of piperidine rings is 1. The second-order valence-corrected chi connectivity index (χ2v) is 7.85. The van der Waals surface area contributed by atoms with Crippen LogP contribution in [-0.2, 0) is 6.54 Å². The third-order valence-corrected chi connectivity index (χ3v) is 6.03. The van der Waals surface area contributed by atoms with Crippen molar-refractivity contribution < 1.29 is 9.90 Å². The molecule has 0 aromatic carbocycles. The molecule has 2 aliphatic heterocycles. The molecule has 3 aromatic heterocycles. The minimum Gasteiger partial charge on any atom is -0.388 e. The number of carbonyl (C=O) groups excluding carboxylic acids is 1. The molecule has 2 bridgehead atoms. The lowest BCUT2D eigenvalue weighted by Crippen LogP contribution is -2.54. The predicted molar refractivity (Wildman–Crippen MR) is 101 cm³/mol. The quantitative estimate of drug-likeness (QED) is 0.777. The van der Waals surface area contributed by atoms with Crippen molar-refractivity contribution in [2.24, 2.45) is 0 Å². The molecule has 0 aliphatic carbocycles. The van der Waals surface area contributed by atoms with Gasteiger partial charge in [-0.1, -0.05) is 0 Å². The molecule has 1 N–H and O–H groups in total. The molecule has 27 heavy (non-hydrogen) atoms. The van der Waals surface area contributed by atoms with E-state index in [4.69, 9.17) is 0 Å². The highest BCUT2D eigenvalue weighted by Gasteiger charge is 2.49. The van der Waals surface area contributed by atoms with Crippen LogP contribution in [0.4, 0.5) is 0 Å². The zero-order valence-electron chi connectivity index (χ0n) is 15.0. The summed E-state index contributed by atoms with van der Waals surface area (Å²) in [7, 11) is 0. The summed E-state index contributed by atoms with van der Waals surface area (Å²) < 4.78 is 2.08. The molecule has 0 radical (unpaired) electrons. The standard InChI is InChI=1S/C21H22N4O2/c26-20(16-2-1-7-22-12-16)25-17-3-4-18(25)11-21(27,10-17)14-24-9-6-15-5-8-23-13-19(15)24/h1-2,5-9,12-13,17-18,27H,3-4,10-11,14H2/t17-,18-/m1/s1. The minimum absolute atomic E-state index is 0.0354. The van der Waals surface area contributed by atoms with E-state index in [0.717, 1.165) is 23.7 Å². The molecule has 2 atom stereocenters. The molecule has 0 spiro atoms. The van der Waals surface area contributed by atoms with Gasteiger partial charge in [-0.3, -0.25) is 14.8 Å². The van der Waals surface area contributed by atoms with Crippen molar-refractivity contribution in [3.05, 3.63) is 60.8 Å². The third kappa shape index (κ3) is 2.80. The molecule has 5 rings (SSSR count). The second kappa shape index (κ2) is 6.16. The number of rotatable bonds is 3. The number of aromatic nitrogens is 3. The van der Waals surface area contributed by atoms with Gasteiger partial charge in [0.15, 0.2) is 0 Å². The first kappa shape index (κ1) is 16.4. The smallest absolute Gasteiger partial charge is 0.255 e. The van der Waals surface area contributed by atoms with Gasteiger partial charge in [0, 0.05) is 42.3 Å². The molecule has 3 aromatic rings. The molecule has 2 saturated heterocycles. The lowest BCUT2D eigenvalue weighted by atomic mass is 9.85. The Morgan fingerprint density at radius 2 is 1.89 bits per heavy atom. The molecule has 0 unspecified atom stereocenters. The van der Waals surface area contributed by atoms with Crippen LogP contribution in [0.3, 0.4) is 0 Å². The third-order valence-electron chi connectivity index (χ3n) is 6.03. The topological polar surface area (TPSA) is 71.2 Å². The Hall–Kier alpha value is -2.73. The van der Waals surface area contributed by atoms with Crippen molar-refractivity contribution in [1.82, 2.24) is 19.4 Å². The van der Waals surface area contributed by atoms with E-state index >= 15 is 0 Å². The highest BCUT2D eigenvalue weighted by atomic mass is 16.3. The normalized spacial score (nSPS) is 27.2. The molecule has 6 nitrogen and oxygen atoms in total. The van der Waals surface area contributed by atoms with Gasteiger partial charge >= 0.3 is 0 Å². The van der Waals surface area contributed by atoms with E-state index in [1.807, 2.05) is 29.4 Å². The average Bonchev–Trinajstić information content (AvgIpc) is 3.21. The van der Waals surface area contributed by atoms with E-state index < -0.39 is 5.60 Å². The van der Waals surface area contributed by atoms with Crippen molar-refractivity contribution in [1.29, 1.82) is 0 Å². The minimum atomic E-state index is -0.806. The first-order valence-corrected chi connectivity index (χ1v) is 9.47. The lowest BCUT2D eigenvalue weighted by Gasteiger charge is -2.44. The molecule has 5 heterocycles. The molecule has 6 heteroatoms. The maximum Gasteiger partial charge on any atom is 0.255 e. The summed E-state index contributed by atoms with van der Waals surface area (Å²) in [6, 6.07) is 7.81. The fourth-order valence-corrected chi connectivity index (χ4v) is 4.90. The van der Waals surface area contributed by atoms with Gasteiger partial charge in [0.25, 0.3) is 5.91 Å². The summed E-state index contributed by atoms with van der Waals surface area (Å²) in [6.07, 6.45) is 12.1.